The van der Waals surface area contributed by atoms with Crippen LogP contribution in [0.5, 0.6) is 5.75 Å². The van der Waals surface area contributed by atoms with E-state index < -0.39 is 32.6 Å². The highest BCUT2D eigenvalue weighted by atomic mass is 35.5. The molecule has 0 bridgehead atoms. The molecule has 0 radical (unpaired) electrons. The highest BCUT2D eigenvalue weighted by Crippen LogP contribution is 2.40. The van der Waals surface area contributed by atoms with Crippen LogP contribution < -0.4 is 4.89 Å². The number of rotatable bonds is 5. The molecule has 0 saturated carbocycles. The smallest absolute Gasteiger partial charge is 0.379 e. The van der Waals surface area contributed by atoms with Crippen LogP contribution in [-0.2, 0) is 30.6 Å². The Kier molecular flexibility index (Phi) is 6.79. The molecular weight excluding hydrogens is 463 g/mol. The quantitative estimate of drug-likeness (QED) is 0.478. The van der Waals surface area contributed by atoms with Crippen LogP contribution in [0.2, 0.25) is 5.02 Å². The van der Waals surface area contributed by atoms with Gasteiger partial charge in [0.2, 0.25) is 10.0 Å². The van der Waals surface area contributed by atoms with Crippen molar-refractivity contribution in [2.75, 3.05) is 26.3 Å². The summed E-state index contributed by atoms with van der Waals surface area (Å²) in [6.45, 7) is 1.19. The number of benzene rings is 2. The maximum Gasteiger partial charge on any atom is 0.417 e. The average molecular weight is 480 g/mol. The SMILES string of the molecule is CC(=O)OOc1ccc(Cl)cc1-c1ccc(S(=O)(=O)N2CCOCC2)c(C(F)(F)F)c1. The summed E-state index contributed by atoms with van der Waals surface area (Å²) in [6.07, 6.45) is -4.96. The van der Waals surface area contributed by atoms with Gasteiger partial charge in [-0.3, -0.25) is 9.78 Å². The number of carbonyl (C=O) groups excluding carboxylic acids is 1. The summed E-state index contributed by atoms with van der Waals surface area (Å²) in [7, 11) is -4.41. The summed E-state index contributed by atoms with van der Waals surface area (Å²) in [5.41, 5.74) is -1.29. The second-order valence-electron chi connectivity index (χ2n) is 6.52. The van der Waals surface area contributed by atoms with Crippen molar-refractivity contribution in [2.45, 2.75) is 18.0 Å². The zero-order valence-corrected chi connectivity index (χ0v) is 17.7. The third-order valence-electron chi connectivity index (χ3n) is 4.37. The lowest BCUT2D eigenvalue weighted by Gasteiger charge is -2.27. The fraction of sp³-hybridized carbons (Fsp3) is 0.316. The van der Waals surface area contributed by atoms with Crippen molar-refractivity contribution in [2.24, 2.45) is 0 Å². The van der Waals surface area contributed by atoms with Crippen LogP contribution in [0.3, 0.4) is 0 Å². The van der Waals surface area contributed by atoms with E-state index in [2.05, 4.69) is 4.89 Å². The molecule has 1 heterocycles. The monoisotopic (exact) mass is 479 g/mol. The first kappa shape index (κ1) is 23.3. The van der Waals surface area contributed by atoms with Gasteiger partial charge in [-0.2, -0.15) is 17.5 Å². The van der Waals surface area contributed by atoms with Gasteiger partial charge in [-0.05, 0) is 35.9 Å². The fourth-order valence-electron chi connectivity index (χ4n) is 2.97. The Morgan fingerprint density at radius 3 is 2.42 bits per heavy atom. The summed E-state index contributed by atoms with van der Waals surface area (Å²) in [4.78, 5) is 19.5. The Hall–Kier alpha value is -2.34. The normalized spacial score (nSPS) is 15.5. The lowest BCUT2D eigenvalue weighted by molar-refractivity contribution is -0.210. The van der Waals surface area contributed by atoms with Crippen LogP contribution in [0.1, 0.15) is 12.5 Å². The molecule has 1 aliphatic rings. The van der Waals surface area contributed by atoms with E-state index in [0.717, 1.165) is 17.3 Å². The van der Waals surface area contributed by atoms with Crippen LogP contribution in [0, 0.1) is 0 Å². The predicted molar refractivity (Wildman–Crippen MR) is 104 cm³/mol. The van der Waals surface area contributed by atoms with Crippen molar-refractivity contribution in [3.63, 3.8) is 0 Å². The van der Waals surface area contributed by atoms with Crippen LogP contribution in [0.4, 0.5) is 13.2 Å². The number of morpholine rings is 1. The second-order valence-corrected chi connectivity index (χ2v) is 8.87. The molecule has 31 heavy (non-hydrogen) atoms. The fourth-order valence-corrected chi connectivity index (χ4v) is 4.75. The first-order valence-corrected chi connectivity index (χ1v) is 10.8. The molecule has 0 atom stereocenters. The lowest BCUT2D eigenvalue weighted by Crippen LogP contribution is -2.41. The molecule has 12 heteroatoms. The van der Waals surface area contributed by atoms with Gasteiger partial charge in [-0.1, -0.05) is 17.7 Å². The Morgan fingerprint density at radius 2 is 1.81 bits per heavy atom. The molecule has 168 valence electrons. The third kappa shape index (κ3) is 5.29. The molecule has 0 amide bonds. The van der Waals surface area contributed by atoms with Gasteiger partial charge >= 0.3 is 12.1 Å². The molecule has 1 saturated heterocycles. The van der Waals surface area contributed by atoms with Crippen molar-refractivity contribution in [1.29, 1.82) is 0 Å². The standard InChI is InChI=1S/C19H17ClF3NO6S/c1-12(25)29-30-17-4-3-14(20)11-15(17)13-2-5-18(16(10-13)19(21,22)23)31(26,27)24-6-8-28-9-7-24/h2-5,10-11H,6-9H2,1H3. The Balaban J connectivity index is 2.12. The van der Waals surface area contributed by atoms with Crippen LogP contribution in [-0.4, -0.2) is 45.0 Å². The van der Waals surface area contributed by atoms with Gasteiger partial charge in [0.15, 0.2) is 5.75 Å². The maximum absolute atomic E-state index is 13.8. The van der Waals surface area contributed by atoms with Gasteiger partial charge in [0.25, 0.3) is 0 Å². The number of carbonyl (C=O) groups is 1. The minimum Gasteiger partial charge on any atom is -0.379 e. The van der Waals surface area contributed by atoms with Crippen molar-refractivity contribution in [1.82, 2.24) is 4.31 Å². The minimum absolute atomic E-state index is 0.0297. The van der Waals surface area contributed by atoms with Gasteiger partial charge in [0.1, 0.15) is 0 Å². The highest BCUT2D eigenvalue weighted by Gasteiger charge is 2.40. The largest absolute Gasteiger partial charge is 0.417 e. The van der Waals surface area contributed by atoms with E-state index in [0.29, 0.717) is 6.07 Å². The number of hydrogen-bond acceptors (Lipinski definition) is 6. The number of halogens is 4. The van der Waals surface area contributed by atoms with Crippen LogP contribution >= 0.6 is 11.6 Å². The molecule has 1 aliphatic heterocycles. The number of alkyl halides is 3. The lowest BCUT2D eigenvalue weighted by atomic mass is 10.0. The predicted octanol–water partition coefficient (Wildman–Crippen LogP) is 3.90. The van der Waals surface area contributed by atoms with E-state index in [1.807, 2.05) is 0 Å². The molecule has 0 spiro atoms. The zero-order chi connectivity index (χ0) is 22.8. The summed E-state index contributed by atoms with van der Waals surface area (Å²) in [6, 6.07) is 6.80. The molecule has 1 fully saturated rings. The summed E-state index contributed by atoms with van der Waals surface area (Å²) >= 11 is 5.96. The molecule has 0 aliphatic carbocycles. The van der Waals surface area contributed by atoms with Crippen molar-refractivity contribution < 1.29 is 40.9 Å². The molecule has 0 unspecified atom stereocenters. The van der Waals surface area contributed by atoms with E-state index in [1.165, 1.54) is 24.3 Å². The molecule has 0 aromatic heterocycles. The number of sulfonamides is 1. The van der Waals surface area contributed by atoms with Crippen molar-refractivity contribution in [3.8, 4) is 16.9 Å². The number of ether oxygens (including phenoxy) is 1. The minimum atomic E-state index is -4.96. The Morgan fingerprint density at radius 1 is 1.13 bits per heavy atom. The first-order chi connectivity index (χ1) is 14.5. The number of nitrogens with zero attached hydrogens (tertiary/aromatic N) is 1. The van der Waals surface area contributed by atoms with Crippen LogP contribution in [0.15, 0.2) is 41.3 Å². The maximum atomic E-state index is 13.8. The van der Waals surface area contributed by atoms with Gasteiger partial charge in [0.05, 0.1) is 23.7 Å². The molecule has 7 nitrogen and oxygen atoms in total. The Bertz CT molecular complexity index is 1080. The van der Waals surface area contributed by atoms with E-state index in [-0.39, 0.29) is 48.2 Å². The second kappa shape index (κ2) is 9.03. The van der Waals surface area contributed by atoms with Gasteiger partial charge < -0.3 is 4.74 Å². The van der Waals surface area contributed by atoms with Crippen molar-refractivity contribution in [3.05, 3.63) is 47.0 Å². The van der Waals surface area contributed by atoms with Gasteiger partial charge in [-0.15, -0.1) is 0 Å². The molecule has 2 aromatic carbocycles. The van der Waals surface area contributed by atoms with E-state index in [4.69, 9.17) is 21.2 Å². The molecular formula is C19H17ClF3NO6S. The highest BCUT2D eigenvalue weighted by molar-refractivity contribution is 7.89. The third-order valence-corrected chi connectivity index (χ3v) is 6.57. The zero-order valence-electron chi connectivity index (χ0n) is 16.1. The van der Waals surface area contributed by atoms with Gasteiger partial charge in [-0.25, -0.2) is 13.2 Å². The van der Waals surface area contributed by atoms with Crippen LogP contribution in [0.25, 0.3) is 11.1 Å². The first-order valence-electron chi connectivity index (χ1n) is 8.94. The van der Waals surface area contributed by atoms with Gasteiger partial charge in [0, 0.05) is 30.6 Å². The van der Waals surface area contributed by atoms with E-state index >= 15 is 0 Å². The molecule has 2 aromatic rings. The molecule has 0 N–H and O–H groups in total. The summed E-state index contributed by atoms with van der Waals surface area (Å²) in [5, 5.41) is 0.184. The summed E-state index contributed by atoms with van der Waals surface area (Å²) in [5.74, 6) is -0.847. The van der Waals surface area contributed by atoms with E-state index in [1.54, 1.807) is 0 Å². The van der Waals surface area contributed by atoms with E-state index in [9.17, 15) is 26.4 Å². The summed E-state index contributed by atoms with van der Waals surface area (Å²) < 4.78 is 73.3. The average Bonchev–Trinajstić information content (AvgIpc) is 2.72. The topological polar surface area (TPSA) is 82.1 Å². The van der Waals surface area contributed by atoms with Crippen molar-refractivity contribution >= 4 is 27.6 Å². The molecule has 3 rings (SSSR count). The Labute approximate surface area is 181 Å². The number of hydrogen-bond donors (Lipinski definition) is 0.